The maximum Gasteiger partial charge on any atom is 0.269 e. The number of amides is 1. The summed E-state index contributed by atoms with van der Waals surface area (Å²) in [6.45, 7) is 4.19. The monoisotopic (exact) mass is 251 g/mol. The molecule has 6 heteroatoms. The van der Waals surface area contributed by atoms with Gasteiger partial charge in [0.2, 0.25) is 5.91 Å². The average Bonchev–Trinajstić information content (AvgIpc) is 2.35. The zero-order chi connectivity index (χ0) is 13.4. The Bertz CT molecular complexity index is 404. The van der Waals surface area contributed by atoms with Crippen LogP contribution in [0.25, 0.3) is 0 Å². The molecule has 0 heterocycles. The van der Waals surface area contributed by atoms with Gasteiger partial charge >= 0.3 is 0 Å². The minimum absolute atomic E-state index is 0.0336. The highest BCUT2D eigenvalue weighted by molar-refractivity contribution is 5.78. The minimum atomic E-state index is -0.458. The summed E-state index contributed by atoms with van der Waals surface area (Å²) in [6.07, 6.45) is 0.240. The summed E-state index contributed by atoms with van der Waals surface area (Å²) in [4.78, 5) is 21.5. The molecular formula is C12H17N3O3. The van der Waals surface area contributed by atoms with Crippen LogP contribution >= 0.6 is 0 Å². The number of carbonyl (C=O) groups is 1. The van der Waals surface area contributed by atoms with Gasteiger partial charge in [-0.3, -0.25) is 14.9 Å². The lowest BCUT2D eigenvalue weighted by molar-refractivity contribution is -0.384. The van der Waals surface area contributed by atoms with E-state index in [0.29, 0.717) is 6.54 Å². The molecule has 1 aromatic carbocycles. The van der Waals surface area contributed by atoms with Crippen molar-refractivity contribution < 1.29 is 9.72 Å². The van der Waals surface area contributed by atoms with E-state index < -0.39 is 4.92 Å². The second-order valence-electron chi connectivity index (χ2n) is 3.80. The summed E-state index contributed by atoms with van der Waals surface area (Å²) in [6, 6.07) is 6.01. The normalized spacial score (nSPS) is 10.1. The van der Waals surface area contributed by atoms with Gasteiger partial charge in [-0.05, 0) is 12.1 Å². The number of carbonyl (C=O) groups excluding carboxylic acids is 1. The predicted molar refractivity (Wildman–Crippen MR) is 68.4 cm³/mol. The van der Waals surface area contributed by atoms with E-state index in [-0.39, 0.29) is 18.0 Å². The molecular weight excluding hydrogens is 234 g/mol. The number of benzene rings is 1. The lowest BCUT2D eigenvalue weighted by Crippen LogP contribution is -2.32. The van der Waals surface area contributed by atoms with Crippen molar-refractivity contribution in [2.24, 2.45) is 0 Å². The lowest BCUT2D eigenvalue weighted by Gasteiger charge is -2.05. The lowest BCUT2D eigenvalue weighted by atomic mass is 10.1. The van der Waals surface area contributed by atoms with Gasteiger partial charge < -0.3 is 10.6 Å². The van der Waals surface area contributed by atoms with Crippen molar-refractivity contribution in [3.8, 4) is 0 Å². The molecule has 0 unspecified atom stereocenters. The van der Waals surface area contributed by atoms with Gasteiger partial charge in [0.1, 0.15) is 0 Å². The molecule has 0 aliphatic rings. The summed E-state index contributed by atoms with van der Waals surface area (Å²) >= 11 is 0. The highest BCUT2D eigenvalue weighted by atomic mass is 16.6. The Labute approximate surface area is 106 Å². The van der Waals surface area contributed by atoms with Crippen molar-refractivity contribution in [2.75, 3.05) is 19.6 Å². The van der Waals surface area contributed by atoms with Gasteiger partial charge in [0.25, 0.3) is 5.69 Å². The first-order chi connectivity index (χ1) is 8.63. The van der Waals surface area contributed by atoms with Crippen LogP contribution < -0.4 is 10.6 Å². The highest BCUT2D eigenvalue weighted by Gasteiger charge is 2.06. The first-order valence-electron chi connectivity index (χ1n) is 5.84. The van der Waals surface area contributed by atoms with Crippen LogP contribution in [0.15, 0.2) is 24.3 Å². The Morgan fingerprint density at radius 1 is 1.28 bits per heavy atom. The first kappa shape index (κ1) is 14.1. The van der Waals surface area contributed by atoms with E-state index in [4.69, 9.17) is 0 Å². The standard InChI is InChI=1S/C12H17N3O3/c1-2-13-7-8-14-12(16)9-10-3-5-11(6-4-10)15(17)18/h3-6,13H,2,7-9H2,1H3,(H,14,16). The van der Waals surface area contributed by atoms with Crippen molar-refractivity contribution >= 4 is 11.6 Å². The first-order valence-corrected chi connectivity index (χ1v) is 5.84. The second kappa shape index (κ2) is 7.39. The molecule has 0 spiro atoms. The minimum Gasteiger partial charge on any atom is -0.355 e. The Morgan fingerprint density at radius 2 is 1.94 bits per heavy atom. The highest BCUT2D eigenvalue weighted by Crippen LogP contribution is 2.12. The van der Waals surface area contributed by atoms with E-state index in [0.717, 1.165) is 18.7 Å². The van der Waals surface area contributed by atoms with Crippen LogP contribution in [0.5, 0.6) is 0 Å². The Hall–Kier alpha value is -1.95. The molecule has 0 aromatic heterocycles. The Balaban J connectivity index is 2.37. The van der Waals surface area contributed by atoms with E-state index in [1.807, 2.05) is 6.92 Å². The van der Waals surface area contributed by atoms with Crippen LogP contribution in [0.3, 0.4) is 0 Å². The van der Waals surface area contributed by atoms with Crippen LogP contribution in [0, 0.1) is 10.1 Å². The number of nitro benzene ring substituents is 1. The number of hydrogen-bond donors (Lipinski definition) is 2. The molecule has 6 nitrogen and oxygen atoms in total. The Morgan fingerprint density at radius 3 is 2.50 bits per heavy atom. The maximum atomic E-state index is 11.5. The summed E-state index contributed by atoms with van der Waals surface area (Å²) in [5, 5.41) is 16.3. The van der Waals surface area contributed by atoms with Gasteiger partial charge in [-0.25, -0.2) is 0 Å². The molecule has 0 aliphatic heterocycles. The molecule has 0 bridgehead atoms. The van der Waals surface area contributed by atoms with Crippen LogP contribution in [-0.4, -0.2) is 30.5 Å². The molecule has 1 amide bonds. The molecule has 0 aliphatic carbocycles. The van der Waals surface area contributed by atoms with E-state index >= 15 is 0 Å². The van der Waals surface area contributed by atoms with E-state index in [9.17, 15) is 14.9 Å². The smallest absolute Gasteiger partial charge is 0.269 e. The molecule has 2 N–H and O–H groups in total. The van der Waals surface area contributed by atoms with E-state index in [2.05, 4.69) is 10.6 Å². The number of rotatable bonds is 7. The third-order valence-electron chi connectivity index (χ3n) is 2.39. The number of non-ortho nitro benzene ring substituents is 1. The summed E-state index contributed by atoms with van der Waals surface area (Å²) in [7, 11) is 0. The average molecular weight is 251 g/mol. The van der Waals surface area contributed by atoms with Gasteiger partial charge in [-0.15, -0.1) is 0 Å². The third kappa shape index (κ3) is 4.92. The molecule has 1 aromatic rings. The predicted octanol–water partition coefficient (Wildman–Crippen LogP) is 0.863. The summed E-state index contributed by atoms with van der Waals surface area (Å²) < 4.78 is 0. The van der Waals surface area contributed by atoms with Crippen LogP contribution in [0.1, 0.15) is 12.5 Å². The van der Waals surface area contributed by atoms with Crippen molar-refractivity contribution in [1.29, 1.82) is 0 Å². The number of likely N-dealkylation sites (N-methyl/N-ethyl adjacent to an activating group) is 1. The summed E-state index contributed by atoms with van der Waals surface area (Å²) in [5.41, 5.74) is 0.799. The molecule has 0 saturated heterocycles. The van der Waals surface area contributed by atoms with Crippen molar-refractivity contribution in [3.63, 3.8) is 0 Å². The van der Waals surface area contributed by atoms with Gasteiger partial charge in [-0.1, -0.05) is 19.1 Å². The van der Waals surface area contributed by atoms with Gasteiger partial charge in [-0.2, -0.15) is 0 Å². The van der Waals surface area contributed by atoms with Crippen LogP contribution in [0.2, 0.25) is 0 Å². The SMILES string of the molecule is CCNCCNC(=O)Cc1ccc([N+](=O)[O-])cc1. The topological polar surface area (TPSA) is 84.3 Å². The molecule has 18 heavy (non-hydrogen) atoms. The zero-order valence-corrected chi connectivity index (χ0v) is 10.3. The third-order valence-corrected chi connectivity index (χ3v) is 2.39. The fraction of sp³-hybridized carbons (Fsp3) is 0.417. The second-order valence-corrected chi connectivity index (χ2v) is 3.80. The fourth-order valence-corrected chi connectivity index (χ4v) is 1.45. The molecule has 0 fully saturated rings. The number of nitro groups is 1. The van der Waals surface area contributed by atoms with Crippen molar-refractivity contribution in [3.05, 3.63) is 39.9 Å². The largest absolute Gasteiger partial charge is 0.355 e. The fourth-order valence-electron chi connectivity index (χ4n) is 1.45. The number of hydrogen-bond acceptors (Lipinski definition) is 4. The van der Waals surface area contributed by atoms with Crippen molar-refractivity contribution in [1.82, 2.24) is 10.6 Å². The molecule has 1 rings (SSSR count). The summed E-state index contributed by atoms with van der Waals surface area (Å²) in [5.74, 6) is -0.0817. The number of nitrogens with zero attached hydrogens (tertiary/aromatic N) is 1. The van der Waals surface area contributed by atoms with Crippen LogP contribution in [0.4, 0.5) is 5.69 Å². The van der Waals surface area contributed by atoms with E-state index in [1.165, 1.54) is 12.1 Å². The quantitative estimate of drug-likeness (QED) is 0.427. The maximum absolute atomic E-state index is 11.5. The zero-order valence-electron chi connectivity index (χ0n) is 10.3. The van der Waals surface area contributed by atoms with E-state index in [1.54, 1.807) is 12.1 Å². The van der Waals surface area contributed by atoms with Gasteiger partial charge in [0, 0.05) is 25.2 Å². The van der Waals surface area contributed by atoms with Crippen molar-refractivity contribution in [2.45, 2.75) is 13.3 Å². The number of nitrogens with one attached hydrogen (secondary N) is 2. The van der Waals surface area contributed by atoms with Gasteiger partial charge in [0.05, 0.1) is 11.3 Å². The Kier molecular flexibility index (Phi) is 5.79. The van der Waals surface area contributed by atoms with Crippen LogP contribution in [-0.2, 0) is 11.2 Å². The molecule has 0 saturated carbocycles. The molecule has 0 atom stereocenters. The molecule has 98 valence electrons. The molecule has 0 radical (unpaired) electrons. The van der Waals surface area contributed by atoms with Gasteiger partial charge in [0.15, 0.2) is 0 Å².